The van der Waals surface area contributed by atoms with E-state index in [0.29, 0.717) is 5.56 Å². The number of halogens is 4. The van der Waals surface area contributed by atoms with Gasteiger partial charge in [0.1, 0.15) is 30.1 Å². The van der Waals surface area contributed by atoms with E-state index in [1.807, 2.05) is 0 Å². The summed E-state index contributed by atoms with van der Waals surface area (Å²) in [6, 6.07) is 8.57. The lowest BCUT2D eigenvalue weighted by Crippen LogP contribution is -2.32. The minimum atomic E-state index is -4.65. The first kappa shape index (κ1) is 24.1. The Morgan fingerprint density at radius 3 is 2.59 bits per heavy atom. The molecule has 0 spiro atoms. The van der Waals surface area contributed by atoms with Crippen LogP contribution in [0.3, 0.4) is 0 Å². The maximum atomic E-state index is 14.5. The highest BCUT2D eigenvalue weighted by atomic mass is 19.4. The van der Waals surface area contributed by atoms with Crippen molar-refractivity contribution in [3.63, 3.8) is 0 Å². The molecule has 0 radical (unpaired) electrons. The van der Waals surface area contributed by atoms with Crippen LogP contribution < -0.4 is 5.32 Å². The molecule has 1 aliphatic carbocycles. The third kappa shape index (κ3) is 4.91. The molecule has 1 unspecified atom stereocenters. The third-order valence-corrected chi connectivity index (χ3v) is 6.06. The molecule has 34 heavy (non-hydrogen) atoms. The molecule has 1 aliphatic rings. The van der Waals surface area contributed by atoms with Crippen molar-refractivity contribution >= 4 is 5.82 Å². The van der Waals surface area contributed by atoms with Gasteiger partial charge in [-0.1, -0.05) is 30.3 Å². The van der Waals surface area contributed by atoms with E-state index in [1.165, 1.54) is 12.4 Å². The molecule has 1 aromatic carbocycles. The largest absolute Gasteiger partial charge is 0.431 e. The van der Waals surface area contributed by atoms with Crippen LogP contribution in [0, 0.1) is 5.92 Å². The molecule has 3 aromatic rings. The molecule has 2 heterocycles. The second-order valence-corrected chi connectivity index (χ2v) is 8.36. The Balaban J connectivity index is 1.63. The van der Waals surface area contributed by atoms with Gasteiger partial charge in [-0.15, -0.1) is 0 Å². The summed E-state index contributed by atoms with van der Waals surface area (Å²) in [5.41, 5.74) is -0.243. The number of aliphatic hydroxyl groups excluding tert-OH is 3. The zero-order valence-corrected chi connectivity index (χ0v) is 17.9. The van der Waals surface area contributed by atoms with Gasteiger partial charge in [0.25, 0.3) is 0 Å². The minimum absolute atomic E-state index is 0.0300. The molecule has 11 heteroatoms. The van der Waals surface area contributed by atoms with Crippen LogP contribution in [0.25, 0.3) is 0 Å². The average Bonchev–Trinajstić information content (AvgIpc) is 3.36. The Morgan fingerprint density at radius 1 is 1.21 bits per heavy atom. The summed E-state index contributed by atoms with van der Waals surface area (Å²) in [5.74, 6) is -0.630. The molecule has 1 saturated carbocycles. The molecule has 1 fully saturated rings. The third-order valence-electron chi connectivity index (χ3n) is 6.06. The molecule has 0 bridgehead atoms. The second kappa shape index (κ2) is 9.69. The van der Waals surface area contributed by atoms with E-state index < -0.39 is 48.8 Å². The molecule has 0 saturated heterocycles. The highest BCUT2D eigenvalue weighted by Gasteiger charge is 2.43. The van der Waals surface area contributed by atoms with Crippen LogP contribution >= 0.6 is 0 Å². The molecule has 4 N–H and O–H groups in total. The Morgan fingerprint density at radius 2 is 1.94 bits per heavy atom. The number of anilines is 1. The van der Waals surface area contributed by atoms with Crippen LogP contribution in [-0.2, 0) is 12.7 Å². The Hall–Kier alpha value is -3.02. The summed E-state index contributed by atoms with van der Waals surface area (Å²) < 4.78 is 56.6. The molecule has 4 rings (SSSR count). The van der Waals surface area contributed by atoms with Gasteiger partial charge < -0.3 is 25.2 Å². The molecule has 0 aliphatic heterocycles. The number of rotatable bonds is 7. The van der Waals surface area contributed by atoms with Crippen LogP contribution in [0.5, 0.6) is 0 Å². The lowest BCUT2D eigenvalue weighted by atomic mass is 10.1. The first-order chi connectivity index (χ1) is 16.2. The van der Waals surface area contributed by atoms with Crippen molar-refractivity contribution < 1.29 is 32.9 Å². The quantitative estimate of drug-likeness (QED) is 0.388. The van der Waals surface area contributed by atoms with E-state index in [1.54, 1.807) is 30.3 Å². The Kier molecular flexibility index (Phi) is 6.87. The smallest absolute Gasteiger partial charge is 0.396 e. The summed E-state index contributed by atoms with van der Waals surface area (Å²) in [6.45, 7) is -0.445. The van der Waals surface area contributed by atoms with E-state index in [-0.39, 0.29) is 29.9 Å². The Labute approximate surface area is 192 Å². The van der Waals surface area contributed by atoms with Gasteiger partial charge >= 0.3 is 6.18 Å². The molecule has 182 valence electrons. The molecule has 2 aromatic heterocycles. The van der Waals surface area contributed by atoms with Crippen LogP contribution in [0.2, 0.25) is 0 Å². The maximum Gasteiger partial charge on any atom is 0.431 e. The SMILES string of the molecule is OC[C@H]1C[C@@H](Nc2ncncc2C(O)c2cc(C(F)(F)F)n(Cc3ccccc3)c2)[C@@H](F)[C@@H]1O. The minimum Gasteiger partial charge on any atom is -0.396 e. The first-order valence-electron chi connectivity index (χ1n) is 10.7. The lowest BCUT2D eigenvalue weighted by molar-refractivity contribution is -0.143. The number of nitrogens with one attached hydrogen (secondary N) is 1. The number of hydrogen-bond donors (Lipinski definition) is 4. The fourth-order valence-electron chi connectivity index (χ4n) is 4.26. The van der Waals surface area contributed by atoms with Crippen LogP contribution in [-0.4, -0.2) is 54.8 Å². The molecule has 7 nitrogen and oxygen atoms in total. The van der Waals surface area contributed by atoms with Gasteiger partial charge in [-0.05, 0) is 18.1 Å². The summed E-state index contributed by atoms with van der Waals surface area (Å²) in [7, 11) is 0. The van der Waals surface area contributed by atoms with Gasteiger partial charge in [0.05, 0.1) is 12.1 Å². The number of aromatic nitrogens is 3. The van der Waals surface area contributed by atoms with E-state index in [0.717, 1.165) is 17.0 Å². The number of nitrogens with zero attached hydrogens (tertiary/aromatic N) is 3. The number of hydrogen-bond acceptors (Lipinski definition) is 6. The van der Waals surface area contributed by atoms with Gasteiger partial charge in [-0.25, -0.2) is 14.4 Å². The van der Waals surface area contributed by atoms with Crippen molar-refractivity contribution in [3.8, 4) is 0 Å². The van der Waals surface area contributed by atoms with Crippen molar-refractivity contribution in [2.24, 2.45) is 5.92 Å². The van der Waals surface area contributed by atoms with Crippen LogP contribution in [0.1, 0.15) is 34.9 Å². The second-order valence-electron chi connectivity index (χ2n) is 8.36. The topological polar surface area (TPSA) is 103 Å². The molecular weight excluding hydrogens is 456 g/mol. The maximum absolute atomic E-state index is 14.5. The standard InChI is InChI=1S/C23H24F4N4O3/c24-19-17(6-15(11-32)21(19)34)30-22-16(8-28-12-29-22)20(33)14-7-18(23(25,26)27)31(10-14)9-13-4-2-1-3-5-13/h1-5,7-8,10,12,15,17,19-21,32-34H,6,9,11H2,(H,28,29,30)/t15-,17-,19-,20?,21-/m1/s1. The van der Waals surface area contributed by atoms with Crippen LogP contribution in [0.4, 0.5) is 23.4 Å². The predicted octanol–water partition coefficient (Wildman–Crippen LogP) is 2.92. The van der Waals surface area contributed by atoms with Crippen molar-refractivity contribution in [1.82, 2.24) is 14.5 Å². The fraction of sp³-hybridized carbons (Fsp3) is 0.391. The lowest BCUT2D eigenvalue weighted by Gasteiger charge is -2.20. The van der Waals surface area contributed by atoms with Crippen molar-refractivity contribution in [2.45, 2.75) is 43.6 Å². The molecule has 5 atom stereocenters. The zero-order chi connectivity index (χ0) is 24.5. The van der Waals surface area contributed by atoms with Gasteiger partial charge in [0, 0.05) is 42.6 Å². The van der Waals surface area contributed by atoms with E-state index >= 15 is 0 Å². The van der Waals surface area contributed by atoms with Crippen molar-refractivity contribution in [2.75, 3.05) is 11.9 Å². The van der Waals surface area contributed by atoms with Crippen molar-refractivity contribution in [3.05, 3.63) is 77.5 Å². The average molecular weight is 480 g/mol. The van der Waals surface area contributed by atoms with E-state index in [9.17, 15) is 32.9 Å². The fourth-order valence-corrected chi connectivity index (χ4v) is 4.26. The van der Waals surface area contributed by atoms with Crippen molar-refractivity contribution in [1.29, 1.82) is 0 Å². The van der Waals surface area contributed by atoms with Crippen LogP contribution in [0.15, 0.2) is 55.1 Å². The summed E-state index contributed by atoms with van der Waals surface area (Å²) in [5, 5.41) is 33.0. The Bertz CT molecular complexity index is 1110. The first-order valence-corrected chi connectivity index (χ1v) is 10.7. The number of benzene rings is 1. The van der Waals surface area contributed by atoms with E-state index in [2.05, 4.69) is 15.3 Å². The highest BCUT2D eigenvalue weighted by molar-refractivity contribution is 5.48. The molecule has 0 amide bonds. The monoisotopic (exact) mass is 480 g/mol. The van der Waals surface area contributed by atoms with Gasteiger partial charge in [-0.3, -0.25) is 0 Å². The summed E-state index contributed by atoms with van der Waals surface area (Å²) in [6.07, 6.45) is -5.51. The zero-order valence-electron chi connectivity index (χ0n) is 17.9. The van der Waals surface area contributed by atoms with E-state index in [4.69, 9.17) is 0 Å². The number of aliphatic hydroxyl groups is 3. The van der Waals surface area contributed by atoms with Gasteiger partial charge in [-0.2, -0.15) is 13.2 Å². The molecular formula is C23H24F4N4O3. The number of alkyl halides is 4. The highest BCUT2D eigenvalue weighted by Crippen LogP contribution is 2.36. The van der Waals surface area contributed by atoms with Gasteiger partial charge in [0.15, 0.2) is 0 Å². The summed E-state index contributed by atoms with van der Waals surface area (Å²) in [4.78, 5) is 7.88. The normalized spacial score (nSPS) is 23.7. The van der Waals surface area contributed by atoms with Gasteiger partial charge in [0.2, 0.25) is 0 Å². The summed E-state index contributed by atoms with van der Waals surface area (Å²) >= 11 is 0. The predicted molar refractivity (Wildman–Crippen MR) is 115 cm³/mol.